The maximum absolute atomic E-state index is 12.9. The van der Waals surface area contributed by atoms with Crippen LogP contribution in [0.5, 0.6) is 0 Å². The van der Waals surface area contributed by atoms with Crippen molar-refractivity contribution >= 4 is 11.6 Å². The van der Waals surface area contributed by atoms with Crippen LogP contribution in [0.4, 0.5) is 4.39 Å². The molecule has 2 atom stereocenters. The number of halogens is 2. The molecular weight excluding hydrogens is 271 g/mol. The lowest BCUT2D eigenvalue weighted by Gasteiger charge is -2.08. The summed E-state index contributed by atoms with van der Waals surface area (Å²) < 4.78 is 23.6. The van der Waals surface area contributed by atoms with E-state index in [1.807, 2.05) is 0 Å². The largest absolute Gasteiger partial charge is 0.373 e. The van der Waals surface area contributed by atoms with E-state index in [0.29, 0.717) is 18.3 Å². The topological polar surface area (TPSA) is 48.2 Å². The molecule has 0 N–H and O–H groups in total. The van der Waals surface area contributed by atoms with Crippen molar-refractivity contribution in [2.24, 2.45) is 0 Å². The lowest BCUT2D eigenvalue weighted by molar-refractivity contribution is 0.110. The fourth-order valence-electron chi connectivity index (χ4n) is 2.20. The molecule has 0 bridgehead atoms. The van der Waals surface area contributed by atoms with Crippen LogP contribution in [0.15, 0.2) is 28.8 Å². The molecule has 0 aliphatic carbocycles. The molecule has 6 heteroatoms. The minimum Gasteiger partial charge on any atom is -0.373 e. The highest BCUT2D eigenvalue weighted by molar-refractivity contribution is 6.16. The normalized spacial score (nSPS) is 22.8. The zero-order valence-corrected chi connectivity index (χ0v) is 10.8. The molecular formula is C13H12ClFN2O2. The highest BCUT2D eigenvalue weighted by Crippen LogP contribution is 2.37. The van der Waals surface area contributed by atoms with Gasteiger partial charge in [-0.2, -0.15) is 4.98 Å². The quantitative estimate of drug-likeness (QED) is 0.811. The number of rotatable bonds is 3. The van der Waals surface area contributed by atoms with Gasteiger partial charge in [-0.05, 0) is 24.1 Å². The van der Waals surface area contributed by atoms with Gasteiger partial charge in [-0.15, -0.1) is 11.6 Å². The number of aromatic nitrogens is 2. The number of benzene rings is 1. The second-order valence-corrected chi connectivity index (χ2v) is 4.75. The summed E-state index contributed by atoms with van der Waals surface area (Å²) in [5.74, 6) is 1.10. The average Bonchev–Trinajstić information content (AvgIpc) is 3.08. The van der Waals surface area contributed by atoms with Gasteiger partial charge in [0.1, 0.15) is 11.7 Å². The molecule has 0 radical (unpaired) electrons. The Bertz CT molecular complexity index is 558. The molecule has 3 rings (SSSR count). The molecule has 0 saturated carbocycles. The van der Waals surface area contributed by atoms with E-state index in [2.05, 4.69) is 10.1 Å². The van der Waals surface area contributed by atoms with Gasteiger partial charge in [0.2, 0.25) is 5.89 Å². The minimum absolute atomic E-state index is 0.0523. The van der Waals surface area contributed by atoms with E-state index in [0.717, 1.165) is 12.0 Å². The molecule has 1 aliphatic heterocycles. The Morgan fingerprint density at radius 3 is 2.79 bits per heavy atom. The van der Waals surface area contributed by atoms with E-state index in [9.17, 15) is 4.39 Å². The van der Waals surface area contributed by atoms with Gasteiger partial charge in [0.05, 0.1) is 12.7 Å². The van der Waals surface area contributed by atoms with Crippen molar-refractivity contribution in [3.63, 3.8) is 0 Å². The van der Waals surface area contributed by atoms with Gasteiger partial charge in [-0.3, -0.25) is 0 Å². The van der Waals surface area contributed by atoms with Crippen LogP contribution in [-0.4, -0.2) is 16.7 Å². The van der Waals surface area contributed by atoms with E-state index in [-0.39, 0.29) is 23.7 Å². The second-order valence-electron chi connectivity index (χ2n) is 4.49. The summed E-state index contributed by atoms with van der Waals surface area (Å²) in [7, 11) is 0. The molecule has 1 aromatic heterocycles. The van der Waals surface area contributed by atoms with Gasteiger partial charge in [-0.1, -0.05) is 17.3 Å². The van der Waals surface area contributed by atoms with Crippen molar-refractivity contribution in [1.29, 1.82) is 0 Å². The molecule has 19 heavy (non-hydrogen) atoms. The number of ether oxygens (including phenoxy) is 1. The Morgan fingerprint density at radius 1 is 1.32 bits per heavy atom. The van der Waals surface area contributed by atoms with Gasteiger partial charge in [0, 0.05) is 5.92 Å². The second kappa shape index (κ2) is 5.27. The van der Waals surface area contributed by atoms with Crippen LogP contribution in [0.3, 0.4) is 0 Å². The van der Waals surface area contributed by atoms with E-state index in [4.69, 9.17) is 20.9 Å². The van der Waals surface area contributed by atoms with Crippen LogP contribution < -0.4 is 0 Å². The monoisotopic (exact) mass is 282 g/mol. The van der Waals surface area contributed by atoms with Crippen LogP contribution in [0, 0.1) is 5.82 Å². The van der Waals surface area contributed by atoms with E-state index in [1.165, 1.54) is 12.1 Å². The highest BCUT2D eigenvalue weighted by atomic mass is 35.5. The number of alkyl halides is 1. The Morgan fingerprint density at radius 2 is 2.11 bits per heavy atom. The van der Waals surface area contributed by atoms with Gasteiger partial charge >= 0.3 is 0 Å². The molecule has 2 aromatic rings. The molecule has 100 valence electrons. The smallest absolute Gasteiger partial charge is 0.241 e. The molecule has 1 saturated heterocycles. The van der Waals surface area contributed by atoms with E-state index in [1.54, 1.807) is 12.1 Å². The lowest BCUT2D eigenvalue weighted by atomic mass is 10.00. The van der Waals surface area contributed by atoms with Gasteiger partial charge in [0.15, 0.2) is 5.82 Å². The molecule has 0 unspecified atom stereocenters. The highest BCUT2D eigenvalue weighted by Gasteiger charge is 2.31. The lowest BCUT2D eigenvalue weighted by Crippen LogP contribution is -2.00. The van der Waals surface area contributed by atoms with Crippen molar-refractivity contribution in [1.82, 2.24) is 10.1 Å². The molecule has 4 nitrogen and oxygen atoms in total. The SMILES string of the molecule is Fc1ccc([C@H]2C[C@H](c3noc(CCl)n3)CO2)cc1. The Labute approximate surface area is 114 Å². The minimum atomic E-state index is -0.247. The van der Waals surface area contributed by atoms with Gasteiger partial charge in [-0.25, -0.2) is 4.39 Å². The number of hydrogen-bond donors (Lipinski definition) is 0. The maximum Gasteiger partial charge on any atom is 0.241 e. The average molecular weight is 283 g/mol. The van der Waals surface area contributed by atoms with Crippen molar-refractivity contribution in [2.75, 3.05) is 6.61 Å². The third kappa shape index (κ3) is 2.62. The van der Waals surface area contributed by atoms with Crippen molar-refractivity contribution in [3.8, 4) is 0 Å². The first-order valence-corrected chi connectivity index (χ1v) is 6.55. The zero-order chi connectivity index (χ0) is 13.2. The van der Waals surface area contributed by atoms with Gasteiger partial charge < -0.3 is 9.26 Å². The first kappa shape index (κ1) is 12.6. The fourth-order valence-corrected chi connectivity index (χ4v) is 2.31. The summed E-state index contributed by atoms with van der Waals surface area (Å²) in [6.45, 7) is 0.531. The molecule has 1 aliphatic rings. The van der Waals surface area contributed by atoms with Crippen LogP contribution >= 0.6 is 11.6 Å². The Kier molecular flexibility index (Phi) is 3.48. The summed E-state index contributed by atoms with van der Waals surface area (Å²) in [6, 6.07) is 6.35. The Balaban J connectivity index is 1.71. The van der Waals surface area contributed by atoms with Gasteiger partial charge in [0.25, 0.3) is 0 Å². The first-order valence-electron chi connectivity index (χ1n) is 6.02. The van der Waals surface area contributed by atoms with Crippen molar-refractivity contribution in [2.45, 2.75) is 24.3 Å². The number of nitrogens with zero attached hydrogens (tertiary/aromatic N) is 2. The molecule has 0 amide bonds. The van der Waals surface area contributed by atoms with Crippen molar-refractivity contribution < 1.29 is 13.7 Å². The predicted octanol–water partition coefficient (Wildman–Crippen LogP) is 3.19. The van der Waals surface area contributed by atoms with Crippen LogP contribution in [0.1, 0.15) is 35.7 Å². The fraction of sp³-hybridized carbons (Fsp3) is 0.385. The maximum atomic E-state index is 12.9. The van der Waals surface area contributed by atoms with Crippen LogP contribution in [0.25, 0.3) is 0 Å². The summed E-state index contributed by atoms with van der Waals surface area (Å²) in [6.07, 6.45) is 0.705. The van der Waals surface area contributed by atoms with Crippen LogP contribution in [-0.2, 0) is 10.6 Å². The standard InChI is InChI=1S/C13H12ClFN2O2/c14-6-12-16-13(17-19-12)9-5-11(18-7-9)8-1-3-10(15)4-2-8/h1-4,9,11H,5-7H2/t9-,11+/m0/s1. The molecule has 0 spiro atoms. The molecule has 1 aromatic carbocycles. The first-order chi connectivity index (χ1) is 9.26. The van der Waals surface area contributed by atoms with E-state index < -0.39 is 0 Å². The summed E-state index contributed by atoms with van der Waals surface area (Å²) >= 11 is 5.62. The van der Waals surface area contributed by atoms with Crippen LogP contribution in [0.2, 0.25) is 0 Å². The third-order valence-corrected chi connectivity index (χ3v) is 3.43. The van der Waals surface area contributed by atoms with Crippen molar-refractivity contribution in [3.05, 3.63) is 47.4 Å². The number of hydrogen-bond acceptors (Lipinski definition) is 4. The zero-order valence-electron chi connectivity index (χ0n) is 10.1. The molecule has 1 fully saturated rings. The van der Waals surface area contributed by atoms with E-state index >= 15 is 0 Å². The Hall–Kier alpha value is -1.46. The third-order valence-electron chi connectivity index (χ3n) is 3.20. The predicted molar refractivity (Wildman–Crippen MR) is 66.3 cm³/mol. The summed E-state index contributed by atoms with van der Waals surface area (Å²) in [5.41, 5.74) is 0.963. The molecule has 2 heterocycles. The summed E-state index contributed by atoms with van der Waals surface area (Å²) in [5, 5.41) is 3.90. The summed E-state index contributed by atoms with van der Waals surface area (Å²) in [4.78, 5) is 4.20.